The van der Waals surface area contributed by atoms with E-state index in [1.54, 1.807) is 0 Å². The van der Waals surface area contributed by atoms with Crippen LogP contribution >= 0.6 is 0 Å². The second-order valence-corrected chi connectivity index (χ2v) is 6.29. The summed E-state index contributed by atoms with van der Waals surface area (Å²) in [5.41, 5.74) is 0. The Morgan fingerprint density at radius 2 is 2.00 bits per heavy atom. The minimum Gasteiger partial charge on any atom is -0.316 e. The smallest absolute Gasteiger partial charge is 0.0124 e. The molecular formula is C14H26N2. The number of likely N-dealkylation sites (tertiary alicyclic amines) is 1. The zero-order valence-corrected chi connectivity index (χ0v) is 10.6. The third-order valence-corrected chi connectivity index (χ3v) is 5.25. The molecule has 2 heteroatoms. The zero-order valence-electron chi connectivity index (χ0n) is 10.6. The molecule has 1 aliphatic carbocycles. The van der Waals surface area contributed by atoms with Gasteiger partial charge in [-0.1, -0.05) is 13.3 Å². The van der Waals surface area contributed by atoms with Crippen molar-refractivity contribution >= 4 is 0 Å². The van der Waals surface area contributed by atoms with E-state index in [-0.39, 0.29) is 0 Å². The van der Waals surface area contributed by atoms with E-state index in [2.05, 4.69) is 17.1 Å². The lowest BCUT2D eigenvalue weighted by molar-refractivity contribution is 0.0910. The Hall–Kier alpha value is -0.0800. The van der Waals surface area contributed by atoms with Crippen LogP contribution in [0, 0.1) is 17.8 Å². The Balaban J connectivity index is 1.60. The molecule has 4 unspecified atom stereocenters. The van der Waals surface area contributed by atoms with Gasteiger partial charge in [-0.15, -0.1) is 0 Å². The van der Waals surface area contributed by atoms with E-state index >= 15 is 0 Å². The second-order valence-electron chi connectivity index (χ2n) is 6.29. The van der Waals surface area contributed by atoms with Crippen LogP contribution in [0.15, 0.2) is 0 Å². The quantitative estimate of drug-likeness (QED) is 0.770. The van der Waals surface area contributed by atoms with Crippen LogP contribution in [0.5, 0.6) is 0 Å². The first-order valence-electron chi connectivity index (χ1n) is 7.29. The summed E-state index contributed by atoms with van der Waals surface area (Å²) in [6.45, 7) is 7.67. The molecule has 1 saturated carbocycles. The van der Waals surface area contributed by atoms with Crippen molar-refractivity contribution in [1.82, 2.24) is 10.2 Å². The lowest BCUT2D eigenvalue weighted by Crippen LogP contribution is -2.45. The molecule has 0 aromatic rings. The van der Waals surface area contributed by atoms with Crippen molar-refractivity contribution in [2.45, 2.75) is 45.1 Å². The number of rotatable bonds is 2. The number of nitrogens with zero attached hydrogens (tertiary/aromatic N) is 1. The number of nitrogens with one attached hydrogen (secondary N) is 1. The van der Waals surface area contributed by atoms with Crippen LogP contribution in [0.1, 0.15) is 39.0 Å². The van der Waals surface area contributed by atoms with E-state index in [9.17, 15) is 0 Å². The maximum absolute atomic E-state index is 3.54. The van der Waals surface area contributed by atoms with Crippen LogP contribution < -0.4 is 5.32 Å². The minimum atomic E-state index is 0.891. The van der Waals surface area contributed by atoms with Gasteiger partial charge in [-0.05, 0) is 63.1 Å². The molecular weight excluding hydrogens is 196 g/mol. The molecule has 3 fully saturated rings. The van der Waals surface area contributed by atoms with Crippen molar-refractivity contribution in [3.8, 4) is 0 Å². The molecule has 16 heavy (non-hydrogen) atoms. The number of fused-ring (bicyclic) bond motifs is 1. The molecule has 2 nitrogen and oxygen atoms in total. The van der Waals surface area contributed by atoms with Crippen LogP contribution in [0.3, 0.4) is 0 Å². The normalized spacial score (nSPS) is 44.8. The van der Waals surface area contributed by atoms with E-state index < -0.39 is 0 Å². The summed E-state index contributed by atoms with van der Waals surface area (Å²) in [6, 6.07) is 0.960. The maximum atomic E-state index is 3.54. The molecule has 0 aromatic carbocycles. The predicted molar refractivity (Wildman–Crippen MR) is 67.5 cm³/mol. The Bertz CT molecular complexity index is 241. The third-order valence-electron chi connectivity index (χ3n) is 5.25. The monoisotopic (exact) mass is 222 g/mol. The Kier molecular flexibility index (Phi) is 3.21. The fourth-order valence-electron chi connectivity index (χ4n) is 4.19. The van der Waals surface area contributed by atoms with E-state index in [0.29, 0.717) is 0 Å². The highest BCUT2D eigenvalue weighted by molar-refractivity contribution is 4.91. The van der Waals surface area contributed by atoms with Gasteiger partial charge in [0.25, 0.3) is 0 Å². The topological polar surface area (TPSA) is 15.3 Å². The third kappa shape index (κ3) is 2.02. The molecule has 0 amide bonds. The van der Waals surface area contributed by atoms with Gasteiger partial charge in [0.05, 0.1) is 0 Å². The standard InChI is InChI=1S/C14H26N2/c1-11-8-15-9-13(11)10-16-7-3-5-12-4-2-6-14(12)16/h11-15H,2-10H2,1H3. The Labute approximate surface area is 99.8 Å². The summed E-state index contributed by atoms with van der Waals surface area (Å²) >= 11 is 0. The zero-order chi connectivity index (χ0) is 11.0. The molecule has 2 heterocycles. The van der Waals surface area contributed by atoms with Crippen LogP contribution in [0.25, 0.3) is 0 Å². The van der Waals surface area contributed by atoms with Gasteiger partial charge in [0, 0.05) is 12.6 Å². The van der Waals surface area contributed by atoms with Crippen molar-refractivity contribution in [3.63, 3.8) is 0 Å². The Morgan fingerprint density at radius 1 is 1.12 bits per heavy atom. The summed E-state index contributed by atoms with van der Waals surface area (Å²) in [6.07, 6.45) is 7.46. The molecule has 0 radical (unpaired) electrons. The van der Waals surface area contributed by atoms with Gasteiger partial charge in [0.2, 0.25) is 0 Å². The summed E-state index contributed by atoms with van der Waals surface area (Å²) in [4.78, 5) is 2.84. The lowest BCUT2D eigenvalue weighted by Gasteiger charge is -2.39. The molecule has 3 rings (SSSR count). The van der Waals surface area contributed by atoms with Crippen LogP contribution in [0.2, 0.25) is 0 Å². The van der Waals surface area contributed by atoms with Crippen molar-refractivity contribution < 1.29 is 0 Å². The predicted octanol–water partition coefficient (Wildman–Crippen LogP) is 2.11. The fourth-order valence-corrected chi connectivity index (χ4v) is 4.19. The molecule has 4 atom stereocenters. The molecule has 92 valence electrons. The van der Waals surface area contributed by atoms with E-state index in [1.165, 1.54) is 58.3 Å². The van der Waals surface area contributed by atoms with E-state index in [0.717, 1.165) is 23.8 Å². The molecule has 0 bridgehead atoms. The van der Waals surface area contributed by atoms with Crippen LogP contribution in [-0.4, -0.2) is 37.1 Å². The van der Waals surface area contributed by atoms with E-state index in [4.69, 9.17) is 0 Å². The Morgan fingerprint density at radius 3 is 2.81 bits per heavy atom. The highest BCUT2D eigenvalue weighted by atomic mass is 15.2. The van der Waals surface area contributed by atoms with Crippen molar-refractivity contribution in [1.29, 1.82) is 0 Å². The van der Waals surface area contributed by atoms with Gasteiger partial charge < -0.3 is 5.32 Å². The lowest BCUT2D eigenvalue weighted by atomic mass is 9.89. The molecule has 2 saturated heterocycles. The average molecular weight is 222 g/mol. The molecule has 0 spiro atoms. The molecule has 1 N–H and O–H groups in total. The number of hydrogen-bond donors (Lipinski definition) is 1. The SMILES string of the molecule is CC1CNCC1CN1CCCC2CCCC21. The molecule has 0 aromatic heterocycles. The van der Waals surface area contributed by atoms with Crippen molar-refractivity contribution in [3.05, 3.63) is 0 Å². The summed E-state index contributed by atoms with van der Waals surface area (Å²) in [7, 11) is 0. The molecule has 2 aliphatic heterocycles. The first-order chi connectivity index (χ1) is 7.84. The highest BCUT2D eigenvalue weighted by Gasteiger charge is 2.36. The first kappa shape index (κ1) is 11.0. The summed E-state index contributed by atoms with van der Waals surface area (Å²) in [5.74, 6) is 2.86. The molecule has 3 aliphatic rings. The number of hydrogen-bond acceptors (Lipinski definition) is 2. The van der Waals surface area contributed by atoms with Gasteiger partial charge >= 0.3 is 0 Å². The van der Waals surface area contributed by atoms with Gasteiger partial charge in [-0.3, -0.25) is 4.90 Å². The van der Waals surface area contributed by atoms with Gasteiger partial charge in [0.15, 0.2) is 0 Å². The summed E-state index contributed by atoms with van der Waals surface area (Å²) < 4.78 is 0. The average Bonchev–Trinajstić information content (AvgIpc) is 2.89. The highest BCUT2D eigenvalue weighted by Crippen LogP contribution is 2.37. The van der Waals surface area contributed by atoms with Gasteiger partial charge in [0.1, 0.15) is 0 Å². The minimum absolute atomic E-state index is 0.891. The van der Waals surface area contributed by atoms with Crippen LogP contribution in [-0.2, 0) is 0 Å². The summed E-state index contributed by atoms with van der Waals surface area (Å²) in [5, 5.41) is 3.54. The second kappa shape index (κ2) is 4.66. The van der Waals surface area contributed by atoms with Crippen molar-refractivity contribution in [2.24, 2.45) is 17.8 Å². The first-order valence-corrected chi connectivity index (χ1v) is 7.29. The van der Waals surface area contributed by atoms with Gasteiger partial charge in [-0.2, -0.15) is 0 Å². The van der Waals surface area contributed by atoms with Crippen LogP contribution in [0.4, 0.5) is 0 Å². The van der Waals surface area contributed by atoms with Crippen molar-refractivity contribution in [2.75, 3.05) is 26.2 Å². The maximum Gasteiger partial charge on any atom is 0.0124 e. The van der Waals surface area contributed by atoms with Gasteiger partial charge in [-0.25, -0.2) is 0 Å². The van der Waals surface area contributed by atoms with E-state index in [1.807, 2.05) is 0 Å². The number of piperidine rings is 1. The fraction of sp³-hybridized carbons (Fsp3) is 1.00. The largest absolute Gasteiger partial charge is 0.316 e.